The second-order valence-electron chi connectivity index (χ2n) is 6.88. The van der Waals surface area contributed by atoms with Gasteiger partial charge in [0.25, 0.3) is 0 Å². The molecule has 0 saturated carbocycles. The van der Waals surface area contributed by atoms with Crippen LogP contribution in [0.4, 0.5) is 11.4 Å². The monoisotopic (exact) mass is 366 g/mol. The van der Waals surface area contributed by atoms with Crippen molar-refractivity contribution in [2.75, 3.05) is 29.9 Å². The summed E-state index contributed by atoms with van der Waals surface area (Å²) in [6.45, 7) is 5.96. The minimum Gasteiger partial charge on any atom is -0.462 e. The molecule has 1 heterocycles. The Kier molecular flexibility index (Phi) is 6.12. The number of esters is 1. The van der Waals surface area contributed by atoms with E-state index in [9.17, 15) is 9.59 Å². The van der Waals surface area contributed by atoms with Crippen LogP contribution in [0.5, 0.6) is 0 Å². The highest BCUT2D eigenvalue weighted by Crippen LogP contribution is 2.24. The predicted octanol–water partition coefficient (Wildman–Crippen LogP) is 4.03. The second kappa shape index (κ2) is 8.71. The van der Waals surface area contributed by atoms with Crippen LogP contribution in [-0.4, -0.2) is 31.6 Å². The smallest absolute Gasteiger partial charge is 0.338 e. The van der Waals surface area contributed by atoms with Crippen LogP contribution in [0, 0.1) is 12.8 Å². The van der Waals surface area contributed by atoms with Crippen molar-refractivity contribution in [3.05, 3.63) is 59.7 Å². The van der Waals surface area contributed by atoms with E-state index in [1.807, 2.05) is 0 Å². The van der Waals surface area contributed by atoms with Gasteiger partial charge in [-0.15, -0.1) is 0 Å². The first-order valence-corrected chi connectivity index (χ1v) is 9.46. The van der Waals surface area contributed by atoms with E-state index in [2.05, 4.69) is 41.4 Å². The van der Waals surface area contributed by atoms with E-state index in [0.717, 1.165) is 25.9 Å². The van der Waals surface area contributed by atoms with Crippen molar-refractivity contribution in [3.63, 3.8) is 0 Å². The van der Waals surface area contributed by atoms with E-state index in [1.165, 1.54) is 11.3 Å². The Hall–Kier alpha value is -2.82. The number of hydrogen-bond donors (Lipinski definition) is 1. The highest BCUT2D eigenvalue weighted by molar-refractivity contribution is 5.94. The van der Waals surface area contributed by atoms with Crippen LogP contribution in [0.3, 0.4) is 0 Å². The van der Waals surface area contributed by atoms with Gasteiger partial charge in [0.2, 0.25) is 5.91 Å². The van der Waals surface area contributed by atoms with Crippen molar-refractivity contribution >= 4 is 23.3 Å². The number of benzene rings is 2. The summed E-state index contributed by atoms with van der Waals surface area (Å²) in [5.41, 5.74) is 3.66. The molecule has 0 aromatic heterocycles. The van der Waals surface area contributed by atoms with Gasteiger partial charge in [0.05, 0.1) is 12.2 Å². The molecule has 5 heteroatoms. The number of nitrogens with zero attached hydrogens (tertiary/aromatic N) is 1. The second-order valence-corrected chi connectivity index (χ2v) is 6.88. The summed E-state index contributed by atoms with van der Waals surface area (Å²) in [6.07, 6.45) is 1.67. The van der Waals surface area contributed by atoms with Crippen LogP contribution >= 0.6 is 0 Å². The maximum atomic E-state index is 12.6. The van der Waals surface area contributed by atoms with Gasteiger partial charge in [-0.3, -0.25) is 4.79 Å². The summed E-state index contributed by atoms with van der Waals surface area (Å²) in [5.74, 6) is -0.294. The standard InChI is InChI=1S/C22H26N2O3/c1-3-27-22(26)18-6-8-19(9-7-18)23-21(25)17-12-14-24(15-13-17)20-10-4-16(2)5-11-20/h4-11,17H,3,12-15H2,1-2H3,(H,23,25). The maximum absolute atomic E-state index is 12.6. The Balaban J connectivity index is 1.52. The third-order valence-electron chi connectivity index (χ3n) is 4.93. The van der Waals surface area contributed by atoms with E-state index in [4.69, 9.17) is 4.74 Å². The van der Waals surface area contributed by atoms with E-state index in [0.29, 0.717) is 17.9 Å². The van der Waals surface area contributed by atoms with Crippen molar-refractivity contribution in [3.8, 4) is 0 Å². The number of amides is 1. The topological polar surface area (TPSA) is 58.6 Å². The molecule has 27 heavy (non-hydrogen) atoms. The van der Waals surface area contributed by atoms with Crippen LogP contribution in [0.2, 0.25) is 0 Å². The number of aryl methyl sites for hydroxylation is 1. The van der Waals surface area contributed by atoms with Gasteiger partial charge in [-0.05, 0) is 63.1 Å². The van der Waals surface area contributed by atoms with Gasteiger partial charge in [-0.25, -0.2) is 4.79 Å². The summed E-state index contributed by atoms with van der Waals surface area (Å²) in [5, 5.41) is 2.96. The molecule has 142 valence electrons. The van der Waals surface area contributed by atoms with E-state index < -0.39 is 0 Å². The van der Waals surface area contributed by atoms with Gasteiger partial charge in [-0.1, -0.05) is 17.7 Å². The van der Waals surface area contributed by atoms with Crippen molar-refractivity contribution in [1.29, 1.82) is 0 Å². The van der Waals surface area contributed by atoms with Crippen LogP contribution in [0.25, 0.3) is 0 Å². The number of anilines is 2. The van der Waals surface area contributed by atoms with Crippen molar-refractivity contribution in [2.24, 2.45) is 5.92 Å². The summed E-state index contributed by atoms with van der Waals surface area (Å²) < 4.78 is 4.97. The molecular formula is C22H26N2O3. The molecule has 0 unspecified atom stereocenters. The van der Waals surface area contributed by atoms with Crippen molar-refractivity contribution < 1.29 is 14.3 Å². The fourth-order valence-electron chi connectivity index (χ4n) is 3.30. The molecule has 1 amide bonds. The fourth-order valence-corrected chi connectivity index (χ4v) is 3.30. The summed E-state index contributed by atoms with van der Waals surface area (Å²) >= 11 is 0. The van der Waals surface area contributed by atoms with Gasteiger partial charge in [0.15, 0.2) is 0 Å². The number of carbonyl (C=O) groups is 2. The van der Waals surface area contributed by atoms with Crippen LogP contribution in [-0.2, 0) is 9.53 Å². The highest BCUT2D eigenvalue weighted by Gasteiger charge is 2.25. The number of carbonyl (C=O) groups excluding carboxylic acids is 2. The molecule has 0 atom stereocenters. The van der Waals surface area contributed by atoms with Gasteiger partial charge in [0, 0.05) is 30.4 Å². The Bertz CT molecular complexity index is 776. The summed E-state index contributed by atoms with van der Waals surface area (Å²) in [6, 6.07) is 15.3. The zero-order chi connectivity index (χ0) is 19.2. The molecule has 1 saturated heterocycles. The third kappa shape index (κ3) is 4.88. The lowest BCUT2D eigenvalue weighted by Crippen LogP contribution is -2.38. The average Bonchev–Trinajstić information content (AvgIpc) is 2.69. The number of nitrogens with one attached hydrogen (secondary N) is 1. The zero-order valence-electron chi connectivity index (χ0n) is 15.9. The van der Waals surface area contributed by atoms with E-state index in [1.54, 1.807) is 31.2 Å². The first-order valence-electron chi connectivity index (χ1n) is 9.46. The lowest BCUT2D eigenvalue weighted by molar-refractivity contribution is -0.120. The summed E-state index contributed by atoms with van der Waals surface area (Å²) in [7, 11) is 0. The van der Waals surface area contributed by atoms with E-state index >= 15 is 0 Å². The lowest BCUT2D eigenvalue weighted by atomic mass is 9.95. The Morgan fingerprint density at radius 3 is 2.26 bits per heavy atom. The molecule has 3 rings (SSSR count). The molecule has 1 aliphatic heterocycles. The molecule has 1 N–H and O–H groups in total. The van der Waals surface area contributed by atoms with Crippen LogP contribution < -0.4 is 10.2 Å². The molecule has 1 aliphatic rings. The van der Waals surface area contributed by atoms with Gasteiger partial charge < -0.3 is 15.0 Å². The first-order chi connectivity index (χ1) is 13.1. The molecule has 1 fully saturated rings. The predicted molar refractivity (Wildman–Crippen MR) is 107 cm³/mol. The van der Waals surface area contributed by atoms with E-state index in [-0.39, 0.29) is 17.8 Å². The molecule has 2 aromatic carbocycles. The Morgan fingerprint density at radius 2 is 1.67 bits per heavy atom. The molecule has 0 radical (unpaired) electrons. The normalized spacial score (nSPS) is 14.7. The minimum atomic E-state index is -0.348. The molecular weight excluding hydrogens is 340 g/mol. The van der Waals surface area contributed by atoms with Crippen molar-refractivity contribution in [1.82, 2.24) is 0 Å². The Morgan fingerprint density at radius 1 is 1.04 bits per heavy atom. The van der Waals surface area contributed by atoms with Gasteiger partial charge in [0.1, 0.15) is 0 Å². The zero-order valence-corrected chi connectivity index (χ0v) is 15.9. The molecule has 2 aromatic rings. The number of hydrogen-bond acceptors (Lipinski definition) is 4. The Labute approximate surface area is 160 Å². The average molecular weight is 366 g/mol. The number of piperidine rings is 1. The quantitative estimate of drug-likeness (QED) is 0.812. The number of rotatable bonds is 5. The van der Waals surface area contributed by atoms with Crippen molar-refractivity contribution in [2.45, 2.75) is 26.7 Å². The van der Waals surface area contributed by atoms with Crippen LogP contribution in [0.1, 0.15) is 35.7 Å². The SMILES string of the molecule is CCOC(=O)c1ccc(NC(=O)C2CCN(c3ccc(C)cc3)CC2)cc1. The molecule has 0 bridgehead atoms. The fraction of sp³-hybridized carbons (Fsp3) is 0.364. The first kappa shape index (κ1) is 19.0. The molecule has 0 spiro atoms. The largest absolute Gasteiger partial charge is 0.462 e. The molecule has 0 aliphatic carbocycles. The number of ether oxygens (including phenoxy) is 1. The van der Waals surface area contributed by atoms with Crippen LogP contribution in [0.15, 0.2) is 48.5 Å². The summed E-state index contributed by atoms with van der Waals surface area (Å²) in [4.78, 5) is 26.6. The lowest BCUT2D eigenvalue weighted by Gasteiger charge is -2.33. The van der Waals surface area contributed by atoms with Gasteiger partial charge >= 0.3 is 5.97 Å². The minimum absolute atomic E-state index is 0.0106. The van der Waals surface area contributed by atoms with Gasteiger partial charge in [-0.2, -0.15) is 0 Å². The molecule has 5 nitrogen and oxygen atoms in total. The highest BCUT2D eigenvalue weighted by atomic mass is 16.5. The third-order valence-corrected chi connectivity index (χ3v) is 4.93. The maximum Gasteiger partial charge on any atom is 0.338 e.